The fourth-order valence-electron chi connectivity index (χ4n) is 1.96. The van der Waals surface area contributed by atoms with Crippen LogP contribution in [0.25, 0.3) is 0 Å². The molecule has 1 heterocycles. The van der Waals surface area contributed by atoms with Gasteiger partial charge in [0.05, 0.1) is 12.7 Å². The lowest BCUT2D eigenvalue weighted by Gasteiger charge is -2.31. The molecule has 5 heteroatoms. The molecule has 0 aromatic carbocycles. The van der Waals surface area contributed by atoms with Crippen molar-refractivity contribution < 1.29 is 14.6 Å². The van der Waals surface area contributed by atoms with Gasteiger partial charge < -0.3 is 20.1 Å². The lowest BCUT2D eigenvalue weighted by Crippen LogP contribution is -2.49. The number of aliphatic hydroxyl groups is 1. The number of nitrogens with one attached hydrogen (secondary N) is 1. The Balaban J connectivity index is 2.17. The summed E-state index contributed by atoms with van der Waals surface area (Å²) in [6.45, 7) is 8.81. The average molecular weight is 258 g/mol. The summed E-state index contributed by atoms with van der Waals surface area (Å²) in [5.74, 6) is 0. The number of morpholine rings is 1. The molecule has 0 bridgehead atoms. The molecule has 1 aliphatic rings. The van der Waals surface area contributed by atoms with E-state index in [1.807, 2.05) is 20.8 Å². The van der Waals surface area contributed by atoms with E-state index >= 15 is 0 Å². The van der Waals surface area contributed by atoms with Crippen LogP contribution in [-0.2, 0) is 4.74 Å². The van der Waals surface area contributed by atoms with Crippen molar-refractivity contribution in [1.82, 2.24) is 10.2 Å². The van der Waals surface area contributed by atoms with Crippen LogP contribution in [0.1, 0.15) is 33.6 Å². The Labute approximate surface area is 109 Å². The summed E-state index contributed by atoms with van der Waals surface area (Å²) in [5.41, 5.74) is -0.0573. The van der Waals surface area contributed by atoms with Crippen molar-refractivity contribution in [3.05, 3.63) is 0 Å². The van der Waals surface area contributed by atoms with Crippen LogP contribution >= 0.6 is 0 Å². The van der Waals surface area contributed by atoms with Gasteiger partial charge in [-0.05, 0) is 25.2 Å². The molecule has 1 unspecified atom stereocenters. The predicted octanol–water partition coefficient (Wildman–Crippen LogP) is 1.22. The Morgan fingerprint density at radius 3 is 2.89 bits per heavy atom. The highest BCUT2D eigenvalue weighted by Gasteiger charge is 2.21. The summed E-state index contributed by atoms with van der Waals surface area (Å²) in [6, 6.07) is -0.00745. The van der Waals surface area contributed by atoms with Gasteiger partial charge in [0.2, 0.25) is 0 Å². The minimum atomic E-state index is -0.0573. The van der Waals surface area contributed by atoms with Gasteiger partial charge in [0.25, 0.3) is 0 Å². The van der Waals surface area contributed by atoms with E-state index in [-0.39, 0.29) is 24.2 Å². The summed E-state index contributed by atoms with van der Waals surface area (Å²) < 4.78 is 5.39. The third-order valence-electron chi connectivity index (χ3n) is 3.26. The second-order valence-corrected chi connectivity index (χ2v) is 5.79. The van der Waals surface area contributed by atoms with Crippen LogP contribution in [0.4, 0.5) is 4.79 Å². The number of ether oxygens (including phenoxy) is 1. The first-order chi connectivity index (χ1) is 8.44. The highest BCUT2D eigenvalue weighted by molar-refractivity contribution is 5.74. The van der Waals surface area contributed by atoms with Crippen molar-refractivity contribution in [1.29, 1.82) is 0 Å². The molecule has 0 aliphatic carbocycles. The number of carbonyl (C=O) groups excluding carboxylic acids is 1. The zero-order chi connectivity index (χ0) is 13.6. The summed E-state index contributed by atoms with van der Waals surface area (Å²) in [5, 5.41) is 12.0. The molecular formula is C13H26N2O3. The van der Waals surface area contributed by atoms with Gasteiger partial charge in [0.15, 0.2) is 0 Å². The fourth-order valence-corrected chi connectivity index (χ4v) is 1.96. The summed E-state index contributed by atoms with van der Waals surface area (Å²) >= 11 is 0. The molecule has 1 saturated heterocycles. The van der Waals surface area contributed by atoms with E-state index in [1.165, 1.54) is 0 Å². The molecule has 106 valence electrons. The maximum Gasteiger partial charge on any atom is 0.317 e. The Morgan fingerprint density at radius 2 is 2.28 bits per heavy atom. The number of nitrogens with zero attached hydrogens (tertiary/aromatic N) is 1. The minimum Gasteiger partial charge on any atom is -0.396 e. The van der Waals surface area contributed by atoms with E-state index in [1.54, 1.807) is 4.90 Å². The summed E-state index contributed by atoms with van der Waals surface area (Å²) in [6.07, 6.45) is 1.92. The van der Waals surface area contributed by atoms with Gasteiger partial charge in [-0.3, -0.25) is 0 Å². The lowest BCUT2D eigenvalue weighted by molar-refractivity contribution is -0.00348. The standard InChI is InChI=1S/C13H26N2O3/c1-11-9-15(7-8-18-11)12(17)14-6-4-5-13(2,3)10-16/h11,16H,4-10H2,1-3H3,(H,14,17). The molecule has 0 aromatic heterocycles. The first-order valence-corrected chi connectivity index (χ1v) is 6.70. The van der Waals surface area contributed by atoms with Gasteiger partial charge in [-0.15, -0.1) is 0 Å². The van der Waals surface area contributed by atoms with Crippen molar-refractivity contribution in [3.63, 3.8) is 0 Å². The van der Waals surface area contributed by atoms with E-state index in [4.69, 9.17) is 9.84 Å². The second-order valence-electron chi connectivity index (χ2n) is 5.79. The maximum absolute atomic E-state index is 11.8. The molecular weight excluding hydrogens is 232 g/mol. The highest BCUT2D eigenvalue weighted by atomic mass is 16.5. The number of aliphatic hydroxyl groups excluding tert-OH is 1. The van der Waals surface area contributed by atoms with E-state index in [0.717, 1.165) is 12.8 Å². The topological polar surface area (TPSA) is 61.8 Å². The first-order valence-electron chi connectivity index (χ1n) is 6.70. The normalized spacial score (nSPS) is 20.9. The van der Waals surface area contributed by atoms with Gasteiger partial charge in [-0.2, -0.15) is 0 Å². The van der Waals surface area contributed by atoms with E-state index < -0.39 is 0 Å². The molecule has 2 N–H and O–H groups in total. The predicted molar refractivity (Wildman–Crippen MR) is 70.5 cm³/mol. The minimum absolute atomic E-state index is 0.00745. The number of hydrogen-bond donors (Lipinski definition) is 2. The zero-order valence-corrected chi connectivity index (χ0v) is 11.7. The molecule has 0 aromatic rings. The van der Waals surface area contributed by atoms with Crippen LogP contribution in [0.5, 0.6) is 0 Å². The average Bonchev–Trinajstić information content (AvgIpc) is 2.34. The Hall–Kier alpha value is -0.810. The van der Waals surface area contributed by atoms with Crippen LogP contribution in [0, 0.1) is 5.41 Å². The number of hydrogen-bond acceptors (Lipinski definition) is 3. The largest absolute Gasteiger partial charge is 0.396 e. The number of urea groups is 1. The van der Waals surface area contributed by atoms with E-state index in [0.29, 0.717) is 26.2 Å². The third-order valence-corrected chi connectivity index (χ3v) is 3.26. The van der Waals surface area contributed by atoms with Crippen molar-refractivity contribution in [3.8, 4) is 0 Å². The van der Waals surface area contributed by atoms with Crippen LogP contribution < -0.4 is 5.32 Å². The molecule has 1 aliphatic heterocycles. The molecule has 1 atom stereocenters. The molecule has 0 spiro atoms. The summed E-state index contributed by atoms with van der Waals surface area (Å²) in [4.78, 5) is 13.6. The van der Waals surface area contributed by atoms with Crippen molar-refractivity contribution >= 4 is 6.03 Å². The van der Waals surface area contributed by atoms with Crippen molar-refractivity contribution in [2.24, 2.45) is 5.41 Å². The molecule has 2 amide bonds. The van der Waals surface area contributed by atoms with Crippen molar-refractivity contribution in [2.45, 2.75) is 39.7 Å². The molecule has 18 heavy (non-hydrogen) atoms. The van der Waals surface area contributed by atoms with Crippen LogP contribution in [0.3, 0.4) is 0 Å². The van der Waals surface area contributed by atoms with Gasteiger partial charge in [0, 0.05) is 26.2 Å². The monoisotopic (exact) mass is 258 g/mol. The number of carbonyl (C=O) groups is 1. The summed E-state index contributed by atoms with van der Waals surface area (Å²) in [7, 11) is 0. The van der Waals surface area contributed by atoms with Crippen LogP contribution in [0.15, 0.2) is 0 Å². The van der Waals surface area contributed by atoms with Gasteiger partial charge in [-0.1, -0.05) is 13.8 Å². The Kier molecular flexibility index (Phi) is 5.88. The smallest absolute Gasteiger partial charge is 0.317 e. The van der Waals surface area contributed by atoms with Crippen molar-refractivity contribution in [2.75, 3.05) is 32.8 Å². The molecule has 5 nitrogen and oxygen atoms in total. The Morgan fingerprint density at radius 1 is 1.56 bits per heavy atom. The van der Waals surface area contributed by atoms with Gasteiger partial charge in [-0.25, -0.2) is 4.79 Å². The second kappa shape index (κ2) is 6.95. The first kappa shape index (κ1) is 15.2. The third kappa shape index (κ3) is 5.23. The lowest BCUT2D eigenvalue weighted by atomic mass is 9.89. The quantitative estimate of drug-likeness (QED) is 0.729. The maximum atomic E-state index is 11.8. The zero-order valence-electron chi connectivity index (χ0n) is 11.7. The number of amides is 2. The highest BCUT2D eigenvalue weighted by Crippen LogP contribution is 2.20. The van der Waals surface area contributed by atoms with Crippen LogP contribution in [-0.4, -0.2) is 55.0 Å². The van der Waals surface area contributed by atoms with E-state index in [9.17, 15) is 4.79 Å². The van der Waals surface area contributed by atoms with Gasteiger partial charge in [0.1, 0.15) is 0 Å². The van der Waals surface area contributed by atoms with E-state index in [2.05, 4.69) is 5.32 Å². The number of rotatable bonds is 5. The molecule has 0 saturated carbocycles. The van der Waals surface area contributed by atoms with Crippen LogP contribution in [0.2, 0.25) is 0 Å². The molecule has 1 rings (SSSR count). The fraction of sp³-hybridized carbons (Fsp3) is 0.923. The van der Waals surface area contributed by atoms with Gasteiger partial charge >= 0.3 is 6.03 Å². The molecule has 1 fully saturated rings. The molecule has 0 radical (unpaired) electrons. The SMILES string of the molecule is CC1CN(C(=O)NCCCC(C)(C)CO)CCO1. The Bertz CT molecular complexity index is 269.